The zero-order chi connectivity index (χ0) is 16.0. The highest BCUT2D eigenvalue weighted by Crippen LogP contribution is 2.32. The second kappa shape index (κ2) is 8.34. The Labute approximate surface area is 130 Å². The highest BCUT2D eigenvalue weighted by molar-refractivity contribution is 7.17. The number of carbonyl (C=O) groups is 1. The molecule has 1 aromatic heterocycles. The predicted octanol–water partition coefficient (Wildman–Crippen LogP) is 3.61. The van der Waals surface area contributed by atoms with Crippen LogP contribution >= 0.6 is 11.3 Å². The molecule has 0 amide bonds. The SMILES string of the molecule is CCC(CC)N(CCOC)c1nc(C(C)C)c(C(=O)O)s1. The molecule has 120 valence electrons. The van der Waals surface area contributed by atoms with E-state index in [-0.39, 0.29) is 5.92 Å². The molecule has 1 rings (SSSR count). The molecule has 5 nitrogen and oxygen atoms in total. The summed E-state index contributed by atoms with van der Waals surface area (Å²) in [6.45, 7) is 9.57. The lowest BCUT2D eigenvalue weighted by atomic mass is 10.1. The summed E-state index contributed by atoms with van der Waals surface area (Å²) in [5.41, 5.74) is 0.677. The number of carboxylic acid groups (broad SMARTS) is 1. The number of anilines is 1. The van der Waals surface area contributed by atoms with E-state index in [4.69, 9.17) is 4.74 Å². The van der Waals surface area contributed by atoms with Crippen molar-refractivity contribution in [2.45, 2.75) is 52.5 Å². The third-order valence-corrected chi connectivity index (χ3v) is 4.64. The third kappa shape index (κ3) is 4.41. The maximum absolute atomic E-state index is 11.4. The van der Waals surface area contributed by atoms with Gasteiger partial charge in [-0.25, -0.2) is 9.78 Å². The first-order valence-electron chi connectivity index (χ1n) is 7.45. The van der Waals surface area contributed by atoms with Crippen LogP contribution in [0.15, 0.2) is 0 Å². The predicted molar refractivity (Wildman–Crippen MR) is 86.8 cm³/mol. The molecular formula is C15H26N2O3S. The number of rotatable bonds is 9. The summed E-state index contributed by atoms with van der Waals surface area (Å²) >= 11 is 1.27. The molecule has 0 bridgehead atoms. The van der Waals surface area contributed by atoms with Gasteiger partial charge in [0, 0.05) is 19.7 Å². The number of hydrogen-bond acceptors (Lipinski definition) is 5. The fraction of sp³-hybridized carbons (Fsp3) is 0.733. The second-order valence-electron chi connectivity index (χ2n) is 5.33. The Morgan fingerprint density at radius 3 is 2.38 bits per heavy atom. The van der Waals surface area contributed by atoms with Crippen molar-refractivity contribution in [1.29, 1.82) is 0 Å². The van der Waals surface area contributed by atoms with Gasteiger partial charge in [0.15, 0.2) is 5.13 Å². The molecule has 21 heavy (non-hydrogen) atoms. The van der Waals surface area contributed by atoms with E-state index in [1.54, 1.807) is 7.11 Å². The fourth-order valence-corrected chi connectivity index (χ4v) is 3.50. The first-order valence-corrected chi connectivity index (χ1v) is 8.27. The van der Waals surface area contributed by atoms with E-state index >= 15 is 0 Å². The summed E-state index contributed by atoms with van der Waals surface area (Å²) in [7, 11) is 1.68. The van der Waals surface area contributed by atoms with Crippen LogP contribution < -0.4 is 4.90 Å². The van der Waals surface area contributed by atoms with Crippen LogP contribution in [0.2, 0.25) is 0 Å². The standard InChI is InChI=1S/C15H26N2O3S/c1-6-11(7-2)17(8-9-20-5)15-16-12(10(3)4)13(21-15)14(18)19/h10-11H,6-9H2,1-5H3,(H,18,19). The summed E-state index contributed by atoms with van der Waals surface area (Å²) in [6.07, 6.45) is 2.00. The van der Waals surface area contributed by atoms with Crippen molar-refractivity contribution in [2.24, 2.45) is 0 Å². The Morgan fingerprint density at radius 2 is 2.00 bits per heavy atom. The van der Waals surface area contributed by atoms with Gasteiger partial charge in [-0.1, -0.05) is 39.0 Å². The van der Waals surface area contributed by atoms with Crippen LogP contribution in [0.4, 0.5) is 5.13 Å². The zero-order valence-corrected chi connectivity index (χ0v) is 14.4. The number of ether oxygens (including phenoxy) is 1. The van der Waals surface area contributed by atoms with E-state index in [2.05, 4.69) is 23.7 Å². The van der Waals surface area contributed by atoms with Gasteiger partial charge in [-0.2, -0.15) is 0 Å². The van der Waals surface area contributed by atoms with Crippen molar-refractivity contribution in [3.63, 3.8) is 0 Å². The molecule has 0 aliphatic carbocycles. The largest absolute Gasteiger partial charge is 0.477 e. The van der Waals surface area contributed by atoms with Crippen LogP contribution in [0.25, 0.3) is 0 Å². The molecule has 0 unspecified atom stereocenters. The van der Waals surface area contributed by atoms with Crippen molar-refractivity contribution in [3.05, 3.63) is 10.6 Å². The molecule has 0 atom stereocenters. The van der Waals surface area contributed by atoms with Gasteiger partial charge in [-0.3, -0.25) is 0 Å². The molecule has 1 aromatic rings. The summed E-state index contributed by atoms with van der Waals surface area (Å²) in [6, 6.07) is 0.355. The average Bonchev–Trinajstić information content (AvgIpc) is 2.88. The Kier molecular flexibility index (Phi) is 7.11. The fourth-order valence-electron chi connectivity index (χ4n) is 2.34. The lowest BCUT2D eigenvalue weighted by Crippen LogP contribution is -2.37. The maximum Gasteiger partial charge on any atom is 0.347 e. The summed E-state index contributed by atoms with van der Waals surface area (Å²) < 4.78 is 5.18. The Bertz CT molecular complexity index is 456. The van der Waals surface area contributed by atoms with E-state index in [0.717, 1.165) is 24.5 Å². The van der Waals surface area contributed by atoms with Gasteiger partial charge in [0.05, 0.1) is 12.3 Å². The van der Waals surface area contributed by atoms with Gasteiger partial charge in [0.25, 0.3) is 0 Å². The van der Waals surface area contributed by atoms with Crippen LogP contribution in [-0.4, -0.2) is 42.4 Å². The normalized spacial score (nSPS) is 11.4. The van der Waals surface area contributed by atoms with Gasteiger partial charge >= 0.3 is 5.97 Å². The second-order valence-corrected chi connectivity index (χ2v) is 6.30. The van der Waals surface area contributed by atoms with Crippen LogP contribution in [0, 0.1) is 0 Å². The Hall–Kier alpha value is -1.14. The monoisotopic (exact) mass is 314 g/mol. The maximum atomic E-state index is 11.4. The highest BCUT2D eigenvalue weighted by Gasteiger charge is 2.25. The Balaban J connectivity index is 3.17. The van der Waals surface area contributed by atoms with Crippen molar-refractivity contribution in [3.8, 4) is 0 Å². The molecule has 0 spiro atoms. The van der Waals surface area contributed by atoms with E-state index in [1.165, 1.54) is 11.3 Å². The molecule has 1 N–H and O–H groups in total. The van der Waals surface area contributed by atoms with E-state index in [0.29, 0.717) is 23.2 Å². The van der Waals surface area contributed by atoms with Gasteiger partial charge in [-0.15, -0.1) is 0 Å². The zero-order valence-electron chi connectivity index (χ0n) is 13.5. The number of carboxylic acids is 1. The number of aromatic carboxylic acids is 1. The number of thiazole rings is 1. The van der Waals surface area contributed by atoms with Crippen LogP contribution in [0.5, 0.6) is 0 Å². The first-order chi connectivity index (χ1) is 9.96. The first kappa shape index (κ1) is 17.9. The number of aromatic nitrogens is 1. The molecule has 0 saturated carbocycles. The third-order valence-electron chi connectivity index (χ3n) is 3.55. The molecule has 0 saturated heterocycles. The van der Waals surface area contributed by atoms with Gasteiger partial charge in [0.1, 0.15) is 4.88 Å². The molecular weight excluding hydrogens is 288 g/mol. The van der Waals surface area contributed by atoms with Crippen LogP contribution in [-0.2, 0) is 4.74 Å². The molecule has 0 aromatic carbocycles. The minimum absolute atomic E-state index is 0.104. The van der Waals surface area contributed by atoms with Crippen LogP contribution in [0.3, 0.4) is 0 Å². The van der Waals surface area contributed by atoms with Gasteiger partial charge < -0.3 is 14.7 Å². The molecule has 0 aliphatic rings. The molecule has 1 heterocycles. The lowest BCUT2D eigenvalue weighted by molar-refractivity contribution is 0.0700. The average molecular weight is 314 g/mol. The van der Waals surface area contributed by atoms with E-state index in [9.17, 15) is 9.90 Å². The lowest BCUT2D eigenvalue weighted by Gasteiger charge is -2.30. The van der Waals surface area contributed by atoms with Crippen molar-refractivity contribution in [1.82, 2.24) is 4.98 Å². The van der Waals surface area contributed by atoms with Crippen molar-refractivity contribution in [2.75, 3.05) is 25.2 Å². The summed E-state index contributed by atoms with van der Waals surface area (Å²) in [4.78, 5) is 18.6. The smallest absolute Gasteiger partial charge is 0.347 e. The topological polar surface area (TPSA) is 62.7 Å². The molecule has 0 aliphatic heterocycles. The minimum atomic E-state index is -0.890. The minimum Gasteiger partial charge on any atom is -0.477 e. The van der Waals surface area contributed by atoms with Crippen molar-refractivity contribution < 1.29 is 14.6 Å². The summed E-state index contributed by atoms with van der Waals surface area (Å²) in [5, 5.41) is 10.2. The highest BCUT2D eigenvalue weighted by atomic mass is 32.1. The number of nitrogens with zero attached hydrogens (tertiary/aromatic N) is 2. The molecule has 6 heteroatoms. The number of methoxy groups -OCH3 is 1. The summed E-state index contributed by atoms with van der Waals surface area (Å²) in [5.74, 6) is -0.786. The molecule has 0 fully saturated rings. The van der Waals surface area contributed by atoms with Crippen molar-refractivity contribution >= 4 is 22.4 Å². The molecule has 0 radical (unpaired) electrons. The van der Waals surface area contributed by atoms with Gasteiger partial charge in [0.2, 0.25) is 0 Å². The van der Waals surface area contributed by atoms with Gasteiger partial charge in [-0.05, 0) is 18.8 Å². The Morgan fingerprint density at radius 1 is 1.38 bits per heavy atom. The van der Waals surface area contributed by atoms with E-state index < -0.39 is 5.97 Å². The quantitative estimate of drug-likeness (QED) is 0.754. The van der Waals surface area contributed by atoms with E-state index in [1.807, 2.05) is 13.8 Å². The van der Waals surface area contributed by atoms with Crippen LogP contribution in [0.1, 0.15) is 61.8 Å². The number of hydrogen-bond donors (Lipinski definition) is 1.